The Hall–Kier alpha value is -3.46. The molecule has 1 aromatic carbocycles. The number of aryl methyl sites for hydroxylation is 2. The van der Waals surface area contributed by atoms with Gasteiger partial charge >= 0.3 is 0 Å². The van der Waals surface area contributed by atoms with E-state index in [1.807, 2.05) is 52.9 Å². The maximum atomic E-state index is 12.9. The molecule has 0 radical (unpaired) electrons. The van der Waals surface area contributed by atoms with Gasteiger partial charge in [-0.2, -0.15) is 10.4 Å². The smallest absolute Gasteiger partial charge is 0.253 e. The molecule has 2 aromatic heterocycles. The number of rotatable bonds is 3. The average Bonchev–Trinajstić information content (AvgIpc) is 3.33. The number of hydrogen-bond donors (Lipinski definition) is 0. The van der Waals surface area contributed by atoms with Gasteiger partial charge in [-0.05, 0) is 56.2 Å². The summed E-state index contributed by atoms with van der Waals surface area (Å²) >= 11 is 0. The van der Waals surface area contributed by atoms with Gasteiger partial charge in [0.1, 0.15) is 11.8 Å². The lowest BCUT2D eigenvalue weighted by molar-refractivity contribution is 0.0787. The second kappa shape index (κ2) is 7.28. The molecule has 6 nitrogen and oxygen atoms in total. The molecule has 1 aliphatic rings. The highest BCUT2D eigenvalue weighted by Gasteiger charge is 2.29. The van der Waals surface area contributed by atoms with Crippen LogP contribution in [0.3, 0.4) is 0 Å². The fourth-order valence-electron chi connectivity index (χ4n) is 3.76. The SMILES string of the molecule is Cc1cc(C)n(C2CCN(C(=O)c3ccc(-c4ccc(C#N)nc4)cc3)C2)n1. The third-order valence-corrected chi connectivity index (χ3v) is 5.18. The lowest BCUT2D eigenvalue weighted by Gasteiger charge is -2.17. The van der Waals surface area contributed by atoms with E-state index >= 15 is 0 Å². The van der Waals surface area contributed by atoms with Gasteiger partial charge in [0, 0.05) is 36.1 Å². The fourth-order valence-corrected chi connectivity index (χ4v) is 3.76. The highest BCUT2D eigenvalue weighted by molar-refractivity contribution is 5.95. The molecule has 3 heterocycles. The number of nitriles is 1. The van der Waals surface area contributed by atoms with Gasteiger partial charge in [0.25, 0.3) is 5.91 Å². The predicted molar refractivity (Wildman–Crippen MR) is 106 cm³/mol. The van der Waals surface area contributed by atoms with E-state index in [9.17, 15) is 4.79 Å². The van der Waals surface area contributed by atoms with Crippen LogP contribution in [0, 0.1) is 25.2 Å². The number of benzene rings is 1. The molecule has 3 aromatic rings. The first-order valence-electron chi connectivity index (χ1n) is 9.34. The van der Waals surface area contributed by atoms with Crippen molar-refractivity contribution in [2.45, 2.75) is 26.3 Å². The van der Waals surface area contributed by atoms with E-state index < -0.39 is 0 Å². The number of likely N-dealkylation sites (tertiary alicyclic amines) is 1. The zero-order chi connectivity index (χ0) is 19.7. The summed E-state index contributed by atoms with van der Waals surface area (Å²) in [5, 5.41) is 13.4. The average molecular weight is 371 g/mol. The topological polar surface area (TPSA) is 74.8 Å². The van der Waals surface area contributed by atoms with Crippen LogP contribution in [0.1, 0.15) is 39.9 Å². The Morgan fingerprint density at radius 1 is 1.14 bits per heavy atom. The summed E-state index contributed by atoms with van der Waals surface area (Å²) in [4.78, 5) is 18.9. The Morgan fingerprint density at radius 2 is 1.89 bits per heavy atom. The molecule has 1 atom stereocenters. The van der Waals surface area contributed by atoms with Gasteiger partial charge < -0.3 is 4.90 Å². The van der Waals surface area contributed by atoms with Crippen molar-refractivity contribution >= 4 is 5.91 Å². The molecule has 1 fully saturated rings. The van der Waals surface area contributed by atoms with Crippen LogP contribution in [0.2, 0.25) is 0 Å². The van der Waals surface area contributed by atoms with Gasteiger partial charge in [-0.15, -0.1) is 0 Å². The second-order valence-corrected chi connectivity index (χ2v) is 7.19. The van der Waals surface area contributed by atoms with E-state index in [1.165, 1.54) is 0 Å². The van der Waals surface area contributed by atoms with Crippen molar-refractivity contribution in [1.82, 2.24) is 19.7 Å². The number of pyridine rings is 1. The molecule has 1 amide bonds. The van der Waals surface area contributed by atoms with Gasteiger partial charge in [-0.1, -0.05) is 12.1 Å². The summed E-state index contributed by atoms with van der Waals surface area (Å²) in [6.07, 6.45) is 2.59. The van der Waals surface area contributed by atoms with Crippen LogP contribution in [-0.2, 0) is 0 Å². The van der Waals surface area contributed by atoms with Crippen molar-refractivity contribution in [3.8, 4) is 17.2 Å². The minimum Gasteiger partial charge on any atom is -0.336 e. The lowest BCUT2D eigenvalue weighted by atomic mass is 10.0. The molecule has 140 valence electrons. The number of carbonyl (C=O) groups is 1. The quantitative estimate of drug-likeness (QED) is 0.706. The van der Waals surface area contributed by atoms with Crippen LogP contribution >= 0.6 is 0 Å². The molecule has 1 saturated heterocycles. The molecule has 28 heavy (non-hydrogen) atoms. The van der Waals surface area contributed by atoms with Gasteiger partial charge in [0.15, 0.2) is 0 Å². The Kier molecular flexibility index (Phi) is 4.66. The third kappa shape index (κ3) is 3.39. The van der Waals surface area contributed by atoms with Crippen LogP contribution in [0.4, 0.5) is 0 Å². The monoisotopic (exact) mass is 371 g/mol. The number of hydrogen-bond acceptors (Lipinski definition) is 4. The number of carbonyl (C=O) groups excluding carboxylic acids is 1. The van der Waals surface area contributed by atoms with Crippen molar-refractivity contribution in [3.63, 3.8) is 0 Å². The van der Waals surface area contributed by atoms with E-state index in [4.69, 9.17) is 5.26 Å². The first kappa shape index (κ1) is 17.9. The summed E-state index contributed by atoms with van der Waals surface area (Å²) in [7, 11) is 0. The summed E-state index contributed by atoms with van der Waals surface area (Å²) < 4.78 is 2.05. The molecule has 4 rings (SSSR count). The molecule has 1 unspecified atom stereocenters. The zero-order valence-electron chi connectivity index (χ0n) is 16.0. The van der Waals surface area contributed by atoms with E-state index in [0.717, 1.165) is 35.5 Å². The van der Waals surface area contributed by atoms with Crippen molar-refractivity contribution in [2.24, 2.45) is 0 Å². The molecule has 0 bridgehead atoms. The molecule has 0 saturated carbocycles. The lowest BCUT2D eigenvalue weighted by Crippen LogP contribution is -2.29. The highest BCUT2D eigenvalue weighted by atomic mass is 16.2. The van der Waals surface area contributed by atoms with Crippen molar-refractivity contribution in [3.05, 3.63) is 71.3 Å². The minimum atomic E-state index is 0.0496. The van der Waals surface area contributed by atoms with Crippen LogP contribution in [0.25, 0.3) is 11.1 Å². The van der Waals surface area contributed by atoms with E-state index in [1.54, 1.807) is 12.3 Å². The maximum Gasteiger partial charge on any atom is 0.253 e. The normalized spacial score (nSPS) is 16.2. The zero-order valence-corrected chi connectivity index (χ0v) is 16.0. The number of aromatic nitrogens is 3. The number of nitrogens with zero attached hydrogens (tertiary/aromatic N) is 5. The molecule has 0 N–H and O–H groups in total. The first-order chi connectivity index (χ1) is 13.5. The fraction of sp³-hybridized carbons (Fsp3) is 0.273. The third-order valence-electron chi connectivity index (χ3n) is 5.18. The summed E-state index contributed by atoms with van der Waals surface area (Å²) in [6, 6.07) is 15.4. The summed E-state index contributed by atoms with van der Waals surface area (Å²) in [5.74, 6) is 0.0496. The maximum absolute atomic E-state index is 12.9. The van der Waals surface area contributed by atoms with Crippen molar-refractivity contribution in [1.29, 1.82) is 5.26 Å². The molecular formula is C22H21N5O. The minimum absolute atomic E-state index is 0.0496. The van der Waals surface area contributed by atoms with Crippen molar-refractivity contribution < 1.29 is 4.79 Å². The Bertz CT molecular complexity index is 1040. The Labute approximate surface area is 164 Å². The molecule has 6 heteroatoms. The van der Waals surface area contributed by atoms with Crippen LogP contribution in [0.15, 0.2) is 48.7 Å². The van der Waals surface area contributed by atoms with E-state index in [2.05, 4.69) is 23.1 Å². The molecule has 0 aliphatic carbocycles. The van der Waals surface area contributed by atoms with Gasteiger partial charge in [0.05, 0.1) is 11.7 Å². The van der Waals surface area contributed by atoms with E-state index in [-0.39, 0.29) is 11.9 Å². The van der Waals surface area contributed by atoms with Crippen LogP contribution < -0.4 is 0 Å². The first-order valence-corrected chi connectivity index (χ1v) is 9.34. The highest BCUT2D eigenvalue weighted by Crippen LogP contribution is 2.25. The Morgan fingerprint density at radius 3 is 2.50 bits per heavy atom. The second-order valence-electron chi connectivity index (χ2n) is 7.19. The molecule has 0 spiro atoms. The Balaban J connectivity index is 1.46. The van der Waals surface area contributed by atoms with Crippen molar-refractivity contribution in [2.75, 3.05) is 13.1 Å². The van der Waals surface area contributed by atoms with Gasteiger partial charge in [-0.25, -0.2) is 4.98 Å². The molecule has 1 aliphatic heterocycles. The van der Waals surface area contributed by atoms with Crippen LogP contribution in [-0.4, -0.2) is 38.7 Å². The van der Waals surface area contributed by atoms with Gasteiger partial charge in [0.2, 0.25) is 0 Å². The standard InChI is InChI=1S/C22H21N5O/c1-15-11-16(2)27(25-15)21-9-10-26(14-21)22(28)18-5-3-17(4-6-18)19-7-8-20(12-23)24-13-19/h3-8,11,13,21H,9-10,14H2,1-2H3. The summed E-state index contributed by atoms with van der Waals surface area (Å²) in [6.45, 7) is 5.47. The predicted octanol–water partition coefficient (Wildman–Crippen LogP) is 3.52. The van der Waals surface area contributed by atoms with E-state index in [0.29, 0.717) is 17.8 Å². The van der Waals surface area contributed by atoms with Crippen LogP contribution in [0.5, 0.6) is 0 Å². The number of amides is 1. The molecular weight excluding hydrogens is 350 g/mol. The largest absolute Gasteiger partial charge is 0.336 e. The van der Waals surface area contributed by atoms with Gasteiger partial charge in [-0.3, -0.25) is 9.48 Å². The summed E-state index contributed by atoms with van der Waals surface area (Å²) in [5.41, 5.74) is 5.10.